The quantitative estimate of drug-likeness (QED) is 0.0546. The van der Waals surface area contributed by atoms with E-state index < -0.39 is 0 Å². The van der Waals surface area contributed by atoms with Gasteiger partial charge >= 0.3 is 0 Å². The number of nitrogens with one attached hydrogen (secondary N) is 2. The van der Waals surface area contributed by atoms with E-state index in [9.17, 15) is 14.4 Å². The summed E-state index contributed by atoms with van der Waals surface area (Å²) >= 11 is 0. The van der Waals surface area contributed by atoms with Crippen LogP contribution in [0.4, 0.5) is 11.4 Å². The number of hydrogen-bond donors (Lipinski definition) is 2. The topological polar surface area (TPSA) is 84.5 Å². The lowest BCUT2D eigenvalue weighted by atomic mass is 9.93. The Hall–Kier alpha value is -2.37. The highest BCUT2D eigenvalue weighted by atomic mass is 16.5. The fourth-order valence-electron chi connectivity index (χ4n) is 6.90. The molecule has 50 heavy (non-hydrogen) atoms. The molecule has 1 rings (SSSR count). The van der Waals surface area contributed by atoms with Crippen molar-refractivity contribution in [1.29, 1.82) is 0 Å². The van der Waals surface area contributed by atoms with E-state index in [1.165, 1.54) is 141 Å². The van der Waals surface area contributed by atoms with E-state index in [0.717, 1.165) is 44.9 Å². The van der Waals surface area contributed by atoms with E-state index in [2.05, 4.69) is 31.4 Å². The van der Waals surface area contributed by atoms with Gasteiger partial charge in [-0.05, 0) is 25.3 Å². The van der Waals surface area contributed by atoms with Crippen LogP contribution in [0.2, 0.25) is 0 Å². The number of carbonyl (C=O) groups excluding carboxylic acids is 3. The molecule has 1 aromatic carbocycles. The molecule has 2 atom stereocenters. The first-order valence-corrected chi connectivity index (χ1v) is 21.3. The number of ether oxygens (including phenoxy) is 1. The Morgan fingerprint density at radius 3 is 1.24 bits per heavy atom. The highest BCUT2D eigenvalue weighted by Crippen LogP contribution is 2.28. The highest BCUT2D eigenvalue weighted by Gasteiger charge is 2.20. The van der Waals surface area contributed by atoms with Gasteiger partial charge in [0.05, 0.1) is 0 Å². The first kappa shape index (κ1) is 45.7. The van der Waals surface area contributed by atoms with Crippen molar-refractivity contribution in [3.63, 3.8) is 0 Å². The summed E-state index contributed by atoms with van der Waals surface area (Å²) in [4.78, 5) is 38.0. The lowest BCUT2D eigenvalue weighted by molar-refractivity contribution is -0.121. The minimum absolute atomic E-state index is 0.0208. The van der Waals surface area contributed by atoms with E-state index in [-0.39, 0.29) is 23.7 Å². The van der Waals surface area contributed by atoms with E-state index in [0.29, 0.717) is 23.6 Å². The second-order valence-corrected chi connectivity index (χ2v) is 15.0. The smallest absolute Gasteiger partial charge is 0.298 e. The molecule has 1 aromatic rings. The predicted molar refractivity (Wildman–Crippen MR) is 214 cm³/mol. The lowest BCUT2D eigenvalue weighted by Crippen LogP contribution is -2.23. The molecule has 0 radical (unpaired) electrons. The number of anilines is 2. The molecular formula is C44H78N2O4. The molecule has 0 spiro atoms. The van der Waals surface area contributed by atoms with Crippen LogP contribution >= 0.6 is 0 Å². The first-order chi connectivity index (χ1) is 24.4. The Labute approximate surface area is 308 Å². The van der Waals surface area contributed by atoms with Gasteiger partial charge in [0.1, 0.15) is 5.75 Å². The Bertz CT molecular complexity index is 981. The maximum Gasteiger partial charge on any atom is 0.298 e. The van der Waals surface area contributed by atoms with Crippen molar-refractivity contribution in [3.05, 3.63) is 18.2 Å². The molecule has 2 N–H and O–H groups in total. The Morgan fingerprint density at radius 2 is 0.860 bits per heavy atom. The van der Waals surface area contributed by atoms with Gasteiger partial charge in [-0.3, -0.25) is 14.4 Å². The predicted octanol–water partition coefficient (Wildman–Crippen LogP) is 13.7. The second-order valence-electron chi connectivity index (χ2n) is 15.0. The van der Waals surface area contributed by atoms with Gasteiger partial charge in [0.25, 0.3) is 6.47 Å². The average molecular weight is 699 g/mol. The first-order valence-electron chi connectivity index (χ1n) is 21.3. The van der Waals surface area contributed by atoms with Crippen molar-refractivity contribution in [2.24, 2.45) is 11.8 Å². The van der Waals surface area contributed by atoms with E-state index >= 15 is 0 Å². The molecule has 0 aromatic heterocycles. The third-order valence-electron chi connectivity index (χ3n) is 10.2. The summed E-state index contributed by atoms with van der Waals surface area (Å²) in [6.07, 6.45) is 35.3. The summed E-state index contributed by atoms with van der Waals surface area (Å²) in [6.45, 7) is 9.10. The fraction of sp³-hybridized carbons (Fsp3) is 0.795. The molecule has 6 heteroatoms. The molecule has 0 heterocycles. The minimum atomic E-state index is -0.124. The van der Waals surface area contributed by atoms with Crippen LogP contribution in [0.25, 0.3) is 0 Å². The lowest BCUT2D eigenvalue weighted by Gasteiger charge is -2.18. The number of unbranched alkanes of at least 4 members (excludes halogenated alkanes) is 23. The summed E-state index contributed by atoms with van der Waals surface area (Å²) in [6, 6.07) is 5.09. The van der Waals surface area contributed by atoms with Crippen LogP contribution in [0.1, 0.15) is 214 Å². The van der Waals surface area contributed by atoms with Gasteiger partial charge in [0.2, 0.25) is 11.8 Å². The van der Waals surface area contributed by atoms with Crippen molar-refractivity contribution < 1.29 is 19.1 Å². The zero-order valence-corrected chi connectivity index (χ0v) is 33.1. The average Bonchev–Trinajstić information content (AvgIpc) is 3.10. The molecular weight excluding hydrogens is 620 g/mol. The number of rotatable bonds is 35. The minimum Gasteiger partial charge on any atom is -0.429 e. The van der Waals surface area contributed by atoms with Crippen LogP contribution < -0.4 is 15.4 Å². The van der Waals surface area contributed by atoms with Gasteiger partial charge in [0, 0.05) is 35.3 Å². The van der Waals surface area contributed by atoms with Crippen LogP contribution in [-0.2, 0) is 14.4 Å². The molecule has 2 unspecified atom stereocenters. The third-order valence-corrected chi connectivity index (χ3v) is 10.2. The second kappa shape index (κ2) is 32.5. The van der Waals surface area contributed by atoms with Crippen LogP contribution in [0, 0.1) is 11.8 Å². The Kier molecular flexibility index (Phi) is 29.7. The number of benzene rings is 1. The standard InChI is InChI=1S/C44H78N2O4/c1-5-8-11-14-17-20-21-24-27-30-33-39(32-29-26-23-19-16-13-10-7-3)44(49)46-41-34-40(35-42(36-41)50-37-47)45-43(48)38(4)31-28-25-22-18-15-12-9-6-2/h34-39H,5-33H2,1-4H3,(H,45,48)(H,46,49). The van der Waals surface area contributed by atoms with Crippen molar-refractivity contribution in [2.45, 2.75) is 214 Å². The molecule has 2 amide bonds. The molecule has 0 aliphatic rings. The maximum absolute atomic E-state index is 13.7. The normalized spacial score (nSPS) is 12.4. The van der Waals surface area contributed by atoms with Gasteiger partial charge in [-0.15, -0.1) is 0 Å². The van der Waals surface area contributed by atoms with E-state index in [4.69, 9.17) is 4.74 Å². The SMILES string of the molecule is CCCCCCCCCCCCC(CCCCCCCCCC)C(=O)Nc1cc(NC(=O)C(C)CCCCCCCCCC)cc(OC=O)c1. The Morgan fingerprint density at radius 1 is 0.520 bits per heavy atom. The Balaban J connectivity index is 2.72. The zero-order chi connectivity index (χ0) is 36.5. The van der Waals surface area contributed by atoms with Gasteiger partial charge < -0.3 is 15.4 Å². The van der Waals surface area contributed by atoms with E-state index in [1.807, 2.05) is 6.92 Å². The molecule has 0 aliphatic heterocycles. The van der Waals surface area contributed by atoms with E-state index in [1.54, 1.807) is 18.2 Å². The summed E-state index contributed by atoms with van der Waals surface area (Å²) < 4.78 is 5.18. The molecule has 6 nitrogen and oxygen atoms in total. The van der Waals surface area contributed by atoms with Crippen LogP contribution in [0.15, 0.2) is 18.2 Å². The fourth-order valence-corrected chi connectivity index (χ4v) is 6.90. The van der Waals surface area contributed by atoms with Crippen molar-refractivity contribution in [2.75, 3.05) is 10.6 Å². The molecule has 288 valence electrons. The van der Waals surface area contributed by atoms with Crippen LogP contribution in [0.3, 0.4) is 0 Å². The molecule has 0 aliphatic carbocycles. The number of hydrogen-bond acceptors (Lipinski definition) is 4. The number of carbonyl (C=O) groups is 3. The van der Waals surface area contributed by atoms with Gasteiger partial charge in [-0.1, -0.05) is 195 Å². The molecule has 0 bridgehead atoms. The molecule has 0 saturated carbocycles. The summed E-state index contributed by atoms with van der Waals surface area (Å²) in [7, 11) is 0. The van der Waals surface area contributed by atoms with Gasteiger partial charge in [-0.2, -0.15) is 0 Å². The van der Waals surface area contributed by atoms with Gasteiger partial charge in [-0.25, -0.2) is 0 Å². The molecule has 0 saturated heterocycles. The van der Waals surface area contributed by atoms with Crippen molar-refractivity contribution in [1.82, 2.24) is 0 Å². The largest absolute Gasteiger partial charge is 0.429 e. The summed E-state index contributed by atoms with van der Waals surface area (Å²) in [5.74, 6) is 0.0953. The third kappa shape index (κ3) is 24.7. The number of amides is 2. The highest BCUT2D eigenvalue weighted by molar-refractivity contribution is 5.96. The zero-order valence-electron chi connectivity index (χ0n) is 33.1. The monoisotopic (exact) mass is 699 g/mol. The van der Waals surface area contributed by atoms with Crippen molar-refractivity contribution >= 4 is 29.7 Å². The maximum atomic E-state index is 13.7. The summed E-state index contributed by atoms with van der Waals surface area (Å²) in [5.41, 5.74) is 1.08. The molecule has 0 fully saturated rings. The van der Waals surface area contributed by atoms with Crippen LogP contribution in [-0.4, -0.2) is 18.3 Å². The van der Waals surface area contributed by atoms with Crippen LogP contribution in [0.5, 0.6) is 5.75 Å². The summed E-state index contributed by atoms with van der Waals surface area (Å²) in [5, 5.41) is 6.14. The van der Waals surface area contributed by atoms with Crippen molar-refractivity contribution in [3.8, 4) is 5.75 Å². The van der Waals surface area contributed by atoms with Gasteiger partial charge in [0.15, 0.2) is 0 Å².